The maximum Gasteiger partial charge on any atom is 0.306 e. The zero-order chi connectivity index (χ0) is 35.5. The van der Waals surface area contributed by atoms with E-state index in [1.165, 1.54) is 32.1 Å². The lowest BCUT2D eigenvalue weighted by Crippen LogP contribution is -2.61. The summed E-state index contributed by atoms with van der Waals surface area (Å²) in [5, 5.41) is 71.1. The molecule has 2 aliphatic heterocycles. The van der Waals surface area contributed by atoms with Crippen molar-refractivity contribution < 1.29 is 73.8 Å². The number of ether oxygens (including phenoxy) is 6. The standard InChI is InChI=1S/C33H60O15/c1-3-5-7-8-9-10-11-12-14-16-25(36)46-21(18-43-24(35)15-13-6-4-2)19-44-32-31(42)29(40)27(38)23(48-32)20-45-33-30(41)28(39)26(37)22(17-34)47-33/h21-23,26-34,37-42H,3-20H2,1-2H3. The van der Waals surface area contributed by atoms with Crippen LogP contribution in [0, 0.1) is 0 Å². The van der Waals surface area contributed by atoms with Crippen molar-refractivity contribution >= 4 is 11.9 Å². The molecule has 2 saturated heterocycles. The van der Waals surface area contributed by atoms with Crippen molar-refractivity contribution in [3.8, 4) is 0 Å². The molecule has 2 heterocycles. The van der Waals surface area contributed by atoms with E-state index in [0.717, 1.165) is 32.1 Å². The average Bonchev–Trinajstić information content (AvgIpc) is 3.07. The van der Waals surface area contributed by atoms with Crippen molar-refractivity contribution in [2.24, 2.45) is 0 Å². The van der Waals surface area contributed by atoms with Gasteiger partial charge in [-0.05, 0) is 12.8 Å². The molecule has 0 aromatic rings. The topological polar surface area (TPSA) is 231 Å². The minimum absolute atomic E-state index is 0.168. The fourth-order valence-electron chi connectivity index (χ4n) is 5.51. The van der Waals surface area contributed by atoms with Gasteiger partial charge in [0, 0.05) is 12.8 Å². The van der Waals surface area contributed by atoms with Gasteiger partial charge in [-0.1, -0.05) is 78.1 Å². The van der Waals surface area contributed by atoms with E-state index in [1.807, 2.05) is 6.92 Å². The van der Waals surface area contributed by atoms with E-state index in [4.69, 9.17) is 28.4 Å². The molecule has 7 N–H and O–H groups in total. The fourth-order valence-corrected chi connectivity index (χ4v) is 5.51. The summed E-state index contributed by atoms with van der Waals surface area (Å²) in [7, 11) is 0. The van der Waals surface area contributed by atoms with Gasteiger partial charge < -0.3 is 64.2 Å². The first-order valence-corrected chi connectivity index (χ1v) is 17.6. The summed E-state index contributed by atoms with van der Waals surface area (Å²) in [4.78, 5) is 24.9. The Morgan fingerprint density at radius 3 is 1.67 bits per heavy atom. The smallest absolute Gasteiger partial charge is 0.306 e. The highest BCUT2D eigenvalue weighted by Crippen LogP contribution is 2.26. The van der Waals surface area contributed by atoms with E-state index in [9.17, 15) is 45.3 Å². The van der Waals surface area contributed by atoms with Gasteiger partial charge in [0.2, 0.25) is 0 Å². The van der Waals surface area contributed by atoms with Gasteiger partial charge in [0.25, 0.3) is 0 Å². The lowest BCUT2D eigenvalue weighted by Gasteiger charge is -2.42. The maximum absolute atomic E-state index is 12.7. The first-order chi connectivity index (χ1) is 23.0. The van der Waals surface area contributed by atoms with Gasteiger partial charge in [-0.2, -0.15) is 0 Å². The van der Waals surface area contributed by atoms with Crippen molar-refractivity contribution in [3.05, 3.63) is 0 Å². The molecule has 15 heteroatoms. The molecule has 11 atom stereocenters. The van der Waals surface area contributed by atoms with Crippen LogP contribution in [0.1, 0.15) is 104 Å². The van der Waals surface area contributed by atoms with Crippen LogP contribution in [0.3, 0.4) is 0 Å². The highest BCUT2D eigenvalue weighted by Gasteiger charge is 2.47. The number of aliphatic hydroxyl groups is 7. The largest absolute Gasteiger partial charge is 0.462 e. The predicted octanol–water partition coefficient (Wildman–Crippen LogP) is 0.583. The lowest BCUT2D eigenvalue weighted by molar-refractivity contribution is -0.332. The normalized spacial score (nSPS) is 31.4. The second kappa shape index (κ2) is 23.8. The SMILES string of the molecule is CCCCCCCCCCCC(=O)OC(COC(=O)CCCCC)COC1OC(COC2OC(CO)C(O)C(O)C2O)C(O)C(O)C1O. The number of carbonyl (C=O) groups is 2. The molecule has 0 spiro atoms. The molecule has 0 radical (unpaired) electrons. The Labute approximate surface area is 283 Å². The summed E-state index contributed by atoms with van der Waals surface area (Å²) in [6, 6.07) is 0. The Balaban J connectivity index is 1.92. The third kappa shape index (κ3) is 14.8. The van der Waals surface area contributed by atoms with Gasteiger partial charge >= 0.3 is 11.9 Å². The van der Waals surface area contributed by atoms with Gasteiger partial charge in [0.15, 0.2) is 18.7 Å². The first kappa shape index (κ1) is 42.7. The van der Waals surface area contributed by atoms with E-state index in [2.05, 4.69) is 6.92 Å². The van der Waals surface area contributed by atoms with Crippen molar-refractivity contribution in [2.45, 2.75) is 171 Å². The number of hydrogen-bond donors (Lipinski definition) is 7. The Morgan fingerprint density at radius 2 is 1.06 bits per heavy atom. The number of aliphatic hydroxyl groups excluding tert-OH is 7. The van der Waals surface area contributed by atoms with Crippen LogP contribution in [0.15, 0.2) is 0 Å². The molecule has 48 heavy (non-hydrogen) atoms. The Morgan fingerprint density at radius 1 is 0.583 bits per heavy atom. The Kier molecular flexibility index (Phi) is 21.2. The summed E-state index contributed by atoms with van der Waals surface area (Å²) in [6.45, 7) is 2.31. The van der Waals surface area contributed by atoms with E-state index >= 15 is 0 Å². The van der Waals surface area contributed by atoms with Gasteiger partial charge in [-0.3, -0.25) is 9.59 Å². The monoisotopic (exact) mass is 696 g/mol. The van der Waals surface area contributed by atoms with Crippen LogP contribution in [-0.2, 0) is 38.0 Å². The van der Waals surface area contributed by atoms with E-state index in [1.54, 1.807) is 0 Å². The predicted molar refractivity (Wildman–Crippen MR) is 169 cm³/mol. The van der Waals surface area contributed by atoms with Crippen LogP contribution >= 0.6 is 0 Å². The zero-order valence-corrected chi connectivity index (χ0v) is 28.5. The average molecular weight is 697 g/mol. The Bertz CT molecular complexity index is 876. The quantitative estimate of drug-likeness (QED) is 0.0541. The van der Waals surface area contributed by atoms with Crippen molar-refractivity contribution in [2.75, 3.05) is 26.4 Å². The second-order valence-electron chi connectivity index (χ2n) is 12.7. The molecular formula is C33H60O15. The van der Waals surface area contributed by atoms with Crippen LogP contribution in [-0.4, -0.2) is 142 Å². The van der Waals surface area contributed by atoms with Crippen LogP contribution < -0.4 is 0 Å². The molecule has 15 nitrogen and oxygen atoms in total. The molecule has 0 amide bonds. The maximum atomic E-state index is 12.7. The number of rotatable bonds is 24. The molecule has 0 saturated carbocycles. The van der Waals surface area contributed by atoms with Crippen LogP contribution in [0.25, 0.3) is 0 Å². The molecule has 0 aliphatic carbocycles. The van der Waals surface area contributed by atoms with Crippen LogP contribution in [0.4, 0.5) is 0 Å². The molecule has 2 rings (SSSR count). The molecule has 2 fully saturated rings. The van der Waals surface area contributed by atoms with Gasteiger partial charge in [-0.25, -0.2) is 0 Å². The summed E-state index contributed by atoms with van der Waals surface area (Å²) in [5.74, 6) is -0.957. The summed E-state index contributed by atoms with van der Waals surface area (Å²) >= 11 is 0. The Hall–Kier alpha value is -1.50. The minimum atomic E-state index is -1.75. The van der Waals surface area contributed by atoms with Crippen LogP contribution in [0.5, 0.6) is 0 Å². The van der Waals surface area contributed by atoms with E-state index in [-0.39, 0.29) is 26.1 Å². The fraction of sp³-hybridized carbons (Fsp3) is 0.939. The number of hydrogen-bond acceptors (Lipinski definition) is 15. The van der Waals surface area contributed by atoms with E-state index < -0.39 is 92.7 Å². The van der Waals surface area contributed by atoms with Gasteiger partial charge in [0.05, 0.1) is 19.8 Å². The third-order valence-corrected chi connectivity index (χ3v) is 8.59. The molecular weight excluding hydrogens is 636 g/mol. The third-order valence-electron chi connectivity index (χ3n) is 8.59. The summed E-state index contributed by atoms with van der Waals surface area (Å²) in [5.41, 5.74) is 0. The highest BCUT2D eigenvalue weighted by atomic mass is 16.7. The molecule has 2 aliphatic rings. The molecule has 11 unspecified atom stereocenters. The van der Waals surface area contributed by atoms with Crippen molar-refractivity contribution in [1.29, 1.82) is 0 Å². The summed E-state index contributed by atoms with van der Waals surface area (Å²) in [6.07, 6.45) is -4.23. The molecule has 0 bridgehead atoms. The zero-order valence-electron chi connectivity index (χ0n) is 28.5. The van der Waals surface area contributed by atoms with Gasteiger partial charge in [0.1, 0.15) is 55.4 Å². The van der Waals surface area contributed by atoms with Crippen LogP contribution in [0.2, 0.25) is 0 Å². The first-order valence-electron chi connectivity index (χ1n) is 17.6. The molecule has 0 aromatic carbocycles. The highest BCUT2D eigenvalue weighted by molar-refractivity contribution is 5.70. The van der Waals surface area contributed by atoms with Crippen molar-refractivity contribution in [1.82, 2.24) is 0 Å². The number of unbranched alkanes of at least 4 members (excludes halogenated alkanes) is 10. The van der Waals surface area contributed by atoms with E-state index in [0.29, 0.717) is 12.8 Å². The number of esters is 2. The minimum Gasteiger partial charge on any atom is -0.462 e. The second-order valence-corrected chi connectivity index (χ2v) is 12.7. The van der Waals surface area contributed by atoms with Gasteiger partial charge in [-0.15, -0.1) is 0 Å². The molecule has 0 aromatic heterocycles. The van der Waals surface area contributed by atoms with Crippen molar-refractivity contribution in [3.63, 3.8) is 0 Å². The number of carbonyl (C=O) groups excluding carboxylic acids is 2. The molecule has 282 valence electrons. The lowest BCUT2D eigenvalue weighted by atomic mass is 9.98. The summed E-state index contributed by atoms with van der Waals surface area (Å²) < 4.78 is 32.9.